The zero-order valence-electron chi connectivity index (χ0n) is 15.9. The number of nitrogens with zero attached hydrogens (tertiary/aromatic N) is 1. The lowest BCUT2D eigenvalue weighted by Crippen LogP contribution is -2.42. The van der Waals surface area contributed by atoms with Crippen molar-refractivity contribution in [3.63, 3.8) is 0 Å². The number of aliphatic carboxylic acids is 1. The van der Waals surface area contributed by atoms with E-state index in [-0.39, 0.29) is 27.9 Å². The van der Waals surface area contributed by atoms with Gasteiger partial charge in [-0.1, -0.05) is 41.4 Å². The number of rotatable bonds is 6. The second-order valence-corrected chi connectivity index (χ2v) is 8.61. The quantitative estimate of drug-likeness (QED) is 0.361. The average molecular weight is 475 g/mol. The molecule has 9 heteroatoms. The number of nitrogens with one attached hydrogen (secondary N) is 1. The molecule has 158 valence electrons. The molecule has 2 aromatic heterocycles. The van der Waals surface area contributed by atoms with Gasteiger partial charge in [-0.3, -0.25) is 9.36 Å². The highest BCUT2D eigenvalue weighted by Gasteiger charge is 2.24. The Kier molecular flexibility index (Phi) is 5.91. The van der Waals surface area contributed by atoms with Crippen molar-refractivity contribution in [2.75, 3.05) is 0 Å². The lowest BCUT2D eigenvalue weighted by atomic mass is 10.0. The summed E-state index contributed by atoms with van der Waals surface area (Å²) in [6, 6.07) is 12.4. The van der Waals surface area contributed by atoms with Crippen LogP contribution in [0.3, 0.4) is 0 Å². The lowest BCUT2D eigenvalue weighted by molar-refractivity contribution is -0.139. The SMILES string of the molecule is O=C(N[C@@H](Cc1ccc(-n2cc3sccc3c2O)cc1)C(=O)O)c1c(Cl)cccc1Cl. The van der Waals surface area contributed by atoms with Crippen LogP contribution in [0.4, 0.5) is 0 Å². The van der Waals surface area contributed by atoms with E-state index in [1.54, 1.807) is 34.9 Å². The van der Waals surface area contributed by atoms with E-state index in [4.69, 9.17) is 23.2 Å². The summed E-state index contributed by atoms with van der Waals surface area (Å²) >= 11 is 13.6. The van der Waals surface area contributed by atoms with Gasteiger partial charge < -0.3 is 15.5 Å². The van der Waals surface area contributed by atoms with E-state index >= 15 is 0 Å². The molecule has 0 saturated carbocycles. The number of carbonyl (C=O) groups is 2. The number of carbonyl (C=O) groups excluding carboxylic acids is 1. The molecular weight excluding hydrogens is 459 g/mol. The van der Waals surface area contributed by atoms with Crippen LogP contribution in [-0.2, 0) is 11.2 Å². The molecule has 0 spiro atoms. The number of thiophene rings is 1. The van der Waals surface area contributed by atoms with E-state index < -0.39 is 17.9 Å². The van der Waals surface area contributed by atoms with Gasteiger partial charge in [0.1, 0.15) is 6.04 Å². The van der Waals surface area contributed by atoms with Gasteiger partial charge in [-0.15, -0.1) is 11.3 Å². The summed E-state index contributed by atoms with van der Waals surface area (Å²) in [6.07, 6.45) is 1.91. The zero-order chi connectivity index (χ0) is 22.1. The summed E-state index contributed by atoms with van der Waals surface area (Å²) in [5, 5.41) is 25.4. The van der Waals surface area contributed by atoms with Crippen LogP contribution in [0.25, 0.3) is 15.8 Å². The second-order valence-electron chi connectivity index (χ2n) is 6.85. The maximum absolute atomic E-state index is 12.6. The molecule has 4 aromatic rings. The summed E-state index contributed by atoms with van der Waals surface area (Å²) in [5.74, 6) is -1.68. The molecular formula is C22H16Cl2N2O4S. The van der Waals surface area contributed by atoms with Gasteiger partial charge in [-0.25, -0.2) is 4.79 Å². The molecule has 2 aromatic carbocycles. The van der Waals surface area contributed by atoms with Gasteiger partial charge in [-0.05, 0) is 41.3 Å². The number of aromatic nitrogens is 1. The number of halogens is 2. The van der Waals surface area contributed by atoms with E-state index in [0.29, 0.717) is 5.56 Å². The number of carboxylic acid groups (broad SMARTS) is 1. The number of aromatic hydroxyl groups is 1. The first kappa shape index (κ1) is 21.2. The summed E-state index contributed by atoms with van der Waals surface area (Å²) in [4.78, 5) is 24.3. The van der Waals surface area contributed by atoms with Crippen molar-refractivity contribution in [3.05, 3.63) is 81.3 Å². The highest BCUT2D eigenvalue weighted by Crippen LogP contribution is 2.33. The molecule has 0 unspecified atom stereocenters. The van der Waals surface area contributed by atoms with E-state index in [1.807, 2.05) is 17.6 Å². The first-order valence-corrected chi connectivity index (χ1v) is 10.8. The largest absolute Gasteiger partial charge is 0.494 e. The molecule has 4 rings (SSSR count). The molecule has 6 nitrogen and oxygen atoms in total. The van der Waals surface area contributed by atoms with Crippen molar-refractivity contribution in [2.45, 2.75) is 12.5 Å². The Morgan fingerprint density at radius 2 is 1.74 bits per heavy atom. The molecule has 3 N–H and O–H groups in total. The van der Waals surface area contributed by atoms with E-state index in [2.05, 4.69) is 5.32 Å². The number of benzene rings is 2. The predicted molar refractivity (Wildman–Crippen MR) is 122 cm³/mol. The van der Waals surface area contributed by atoms with Crippen molar-refractivity contribution < 1.29 is 19.8 Å². The van der Waals surface area contributed by atoms with E-state index in [1.165, 1.54) is 23.5 Å². The topological polar surface area (TPSA) is 91.6 Å². The first-order chi connectivity index (χ1) is 14.8. The second kappa shape index (κ2) is 8.63. The van der Waals surface area contributed by atoms with Gasteiger partial charge in [0, 0.05) is 18.3 Å². The fourth-order valence-electron chi connectivity index (χ4n) is 3.28. The van der Waals surface area contributed by atoms with Crippen LogP contribution in [0.1, 0.15) is 15.9 Å². The van der Waals surface area contributed by atoms with Crippen molar-refractivity contribution >= 4 is 56.5 Å². The van der Waals surface area contributed by atoms with Gasteiger partial charge in [0.2, 0.25) is 5.88 Å². The Bertz CT molecular complexity index is 1260. The van der Waals surface area contributed by atoms with Crippen LogP contribution in [0.2, 0.25) is 10.0 Å². The predicted octanol–water partition coefficient (Wildman–Crippen LogP) is 5.13. The maximum Gasteiger partial charge on any atom is 0.326 e. The molecule has 0 fully saturated rings. The van der Waals surface area contributed by atoms with Crippen LogP contribution in [0.5, 0.6) is 5.88 Å². The van der Waals surface area contributed by atoms with Gasteiger partial charge in [-0.2, -0.15) is 0 Å². The van der Waals surface area contributed by atoms with Crippen LogP contribution in [0.15, 0.2) is 60.1 Å². The third-order valence-electron chi connectivity index (χ3n) is 4.86. The standard InChI is InChI=1S/C22H16Cl2N2O4S/c23-15-2-1-3-16(24)19(15)20(27)25-17(22(29)30)10-12-4-6-13(7-5-12)26-11-18-14(21(26)28)8-9-31-18/h1-9,11,17,28H,10H2,(H,25,27)(H,29,30)/t17-/m0/s1. The van der Waals surface area contributed by atoms with Crippen LogP contribution >= 0.6 is 34.5 Å². The number of carboxylic acids is 1. The fraction of sp³-hybridized carbons (Fsp3) is 0.0909. The van der Waals surface area contributed by atoms with Crippen LogP contribution in [-0.4, -0.2) is 32.7 Å². The molecule has 0 bridgehead atoms. The minimum absolute atomic E-state index is 0.0375. The average Bonchev–Trinajstić information content (AvgIpc) is 3.31. The van der Waals surface area contributed by atoms with E-state index in [9.17, 15) is 19.8 Å². The molecule has 2 heterocycles. The third kappa shape index (κ3) is 4.25. The van der Waals surface area contributed by atoms with Gasteiger partial charge in [0.25, 0.3) is 5.91 Å². The zero-order valence-corrected chi connectivity index (χ0v) is 18.2. The molecule has 1 atom stereocenters. The van der Waals surface area contributed by atoms with Crippen molar-refractivity contribution in [2.24, 2.45) is 0 Å². The summed E-state index contributed by atoms with van der Waals surface area (Å²) in [6.45, 7) is 0. The first-order valence-electron chi connectivity index (χ1n) is 9.19. The summed E-state index contributed by atoms with van der Waals surface area (Å²) in [5.41, 5.74) is 1.48. The highest BCUT2D eigenvalue weighted by molar-refractivity contribution is 7.17. The Morgan fingerprint density at radius 3 is 2.35 bits per heavy atom. The molecule has 0 saturated heterocycles. The summed E-state index contributed by atoms with van der Waals surface area (Å²) in [7, 11) is 0. The third-order valence-corrected chi connectivity index (χ3v) is 6.34. The fourth-order valence-corrected chi connectivity index (χ4v) is 4.66. The Labute approximate surface area is 191 Å². The lowest BCUT2D eigenvalue weighted by Gasteiger charge is -2.16. The normalized spacial score (nSPS) is 12.1. The maximum atomic E-state index is 12.6. The number of amides is 1. The van der Waals surface area contributed by atoms with Crippen LogP contribution < -0.4 is 5.32 Å². The molecule has 0 aliphatic rings. The van der Waals surface area contributed by atoms with Crippen molar-refractivity contribution in [1.29, 1.82) is 0 Å². The van der Waals surface area contributed by atoms with Gasteiger partial charge >= 0.3 is 5.97 Å². The van der Waals surface area contributed by atoms with Crippen LogP contribution in [0, 0.1) is 0 Å². The molecule has 0 aliphatic heterocycles. The molecule has 0 radical (unpaired) electrons. The van der Waals surface area contributed by atoms with Crippen molar-refractivity contribution in [1.82, 2.24) is 9.88 Å². The number of fused-ring (bicyclic) bond motifs is 1. The Morgan fingerprint density at radius 1 is 1.06 bits per heavy atom. The van der Waals surface area contributed by atoms with Crippen molar-refractivity contribution in [3.8, 4) is 11.6 Å². The van der Waals surface area contributed by atoms with Gasteiger partial charge in [0.15, 0.2) is 0 Å². The van der Waals surface area contributed by atoms with Gasteiger partial charge in [0.05, 0.1) is 25.7 Å². The molecule has 31 heavy (non-hydrogen) atoms. The molecule has 0 aliphatic carbocycles. The summed E-state index contributed by atoms with van der Waals surface area (Å²) < 4.78 is 2.63. The number of hydrogen-bond acceptors (Lipinski definition) is 4. The Balaban J connectivity index is 1.52. The number of hydrogen-bond donors (Lipinski definition) is 3. The highest BCUT2D eigenvalue weighted by atomic mass is 35.5. The smallest absolute Gasteiger partial charge is 0.326 e. The minimum Gasteiger partial charge on any atom is -0.494 e. The Hall–Kier alpha value is -3.00. The minimum atomic E-state index is -1.18. The molecule has 1 amide bonds. The van der Waals surface area contributed by atoms with E-state index in [0.717, 1.165) is 15.8 Å². The monoisotopic (exact) mass is 474 g/mol.